The lowest BCUT2D eigenvalue weighted by Gasteiger charge is -2.09. The number of nitriles is 1. The first-order valence-electron chi connectivity index (χ1n) is 6.18. The Hall–Kier alpha value is -3.26. The summed E-state index contributed by atoms with van der Waals surface area (Å²) in [5, 5.41) is 28.8. The first-order valence-corrected chi connectivity index (χ1v) is 6.18. The molecule has 0 aliphatic heterocycles. The maximum absolute atomic E-state index is 12.5. The minimum absolute atomic E-state index is 0.000725. The molecule has 0 fully saturated rings. The van der Waals surface area contributed by atoms with E-state index in [0.717, 1.165) is 0 Å². The summed E-state index contributed by atoms with van der Waals surface area (Å²) in [7, 11) is 0. The second-order valence-electron chi connectivity index (χ2n) is 4.58. The van der Waals surface area contributed by atoms with Gasteiger partial charge in [-0.3, -0.25) is 9.36 Å². The third kappa shape index (κ3) is 2.09. The zero-order valence-corrected chi connectivity index (χ0v) is 10.8. The number of hydrogen-bond acceptors (Lipinski definition) is 4. The topological polar surface area (TPSA) is 86.3 Å². The number of aromatic nitrogens is 1. The van der Waals surface area contributed by atoms with Gasteiger partial charge in [-0.2, -0.15) is 5.26 Å². The standard InChI is InChI=1S/C16H10N2O3/c17-8-10-9-18(11-1-3-12(19)4-2-11)16(21)14-6-5-13(20)7-15(10)14/h1-7,9,19-20H. The highest BCUT2D eigenvalue weighted by molar-refractivity contribution is 5.88. The van der Waals surface area contributed by atoms with Gasteiger partial charge in [0.1, 0.15) is 17.6 Å². The molecule has 3 rings (SSSR count). The van der Waals surface area contributed by atoms with E-state index in [0.29, 0.717) is 16.5 Å². The summed E-state index contributed by atoms with van der Waals surface area (Å²) in [5.41, 5.74) is 0.535. The van der Waals surface area contributed by atoms with E-state index in [1.54, 1.807) is 12.1 Å². The molecule has 3 aromatic rings. The molecule has 0 saturated carbocycles. The molecule has 0 radical (unpaired) electrons. The Bertz CT molecular complexity index is 935. The zero-order chi connectivity index (χ0) is 15.0. The maximum Gasteiger partial charge on any atom is 0.263 e. The fourth-order valence-corrected chi connectivity index (χ4v) is 2.22. The Morgan fingerprint density at radius 3 is 2.29 bits per heavy atom. The molecule has 0 aliphatic rings. The minimum atomic E-state index is -0.297. The summed E-state index contributed by atoms with van der Waals surface area (Å²) >= 11 is 0. The lowest BCUT2D eigenvalue weighted by Crippen LogP contribution is -2.18. The number of phenols is 2. The van der Waals surface area contributed by atoms with Gasteiger partial charge < -0.3 is 10.2 Å². The molecule has 0 saturated heterocycles. The highest BCUT2D eigenvalue weighted by atomic mass is 16.3. The molecule has 102 valence electrons. The van der Waals surface area contributed by atoms with Gasteiger partial charge >= 0.3 is 0 Å². The van der Waals surface area contributed by atoms with Crippen LogP contribution >= 0.6 is 0 Å². The van der Waals surface area contributed by atoms with Gasteiger partial charge in [0.2, 0.25) is 0 Å². The van der Waals surface area contributed by atoms with Crippen molar-refractivity contribution in [2.45, 2.75) is 0 Å². The van der Waals surface area contributed by atoms with Crippen LogP contribution in [0.3, 0.4) is 0 Å². The third-order valence-electron chi connectivity index (χ3n) is 3.25. The van der Waals surface area contributed by atoms with Crippen LogP contribution in [0.25, 0.3) is 16.5 Å². The monoisotopic (exact) mass is 278 g/mol. The average molecular weight is 278 g/mol. The molecule has 0 atom stereocenters. The van der Waals surface area contributed by atoms with Crippen LogP contribution in [0.5, 0.6) is 11.5 Å². The molecule has 2 aromatic carbocycles. The molecule has 1 heterocycles. The number of nitrogens with zero attached hydrogens (tertiary/aromatic N) is 2. The molecule has 21 heavy (non-hydrogen) atoms. The summed E-state index contributed by atoms with van der Waals surface area (Å²) in [6, 6.07) is 12.4. The largest absolute Gasteiger partial charge is 0.508 e. The molecule has 5 nitrogen and oxygen atoms in total. The van der Waals surface area contributed by atoms with Gasteiger partial charge in [0.05, 0.1) is 5.56 Å². The molecular weight excluding hydrogens is 268 g/mol. The Kier molecular flexibility index (Phi) is 2.85. The fraction of sp³-hybridized carbons (Fsp3) is 0. The van der Waals surface area contributed by atoms with Gasteiger partial charge in [0.15, 0.2) is 0 Å². The molecule has 2 N–H and O–H groups in total. The number of aromatic hydroxyl groups is 2. The lowest BCUT2D eigenvalue weighted by atomic mass is 10.1. The first-order chi connectivity index (χ1) is 10.1. The van der Waals surface area contributed by atoms with Crippen LogP contribution in [-0.2, 0) is 0 Å². The highest BCUT2D eigenvalue weighted by Gasteiger charge is 2.10. The second kappa shape index (κ2) is 4.69. The summed E-state index contributed by atoms with van der Waals surface area (Å²) < 4.78 is 1.34. The van der Waals surface area contributed by atoms with E-state index < -0.39 is 0 Å². The van der Waals surface area contributed by atoms with Crippen LogP contribution in [0.15, 0.2) is 53.5 Å². The van der Waals surface area contributed by atoms with Gasteiger partial charge in [0.25, 0.3) is 5.56 Å². The van der Waals surface area contributed by atoms with E-state index in [1.807, 2.05) is 6.07 Å². The van der Waals surface area contributed by atoms with Gasteiger partial charge in [-0.15, -0.1) is 0 Å². The minimum Gasteiger partial charge on any atom is -0.508 e. The van der Waals surface area contributed by atoms with Crippen molar-refractivity contribution in [3.63, 3.8) is 0 Å². The quantitative estimate of drug-likeness (QED) is 0.715. The molecule has 0 amide bonds. The van der Waals surface area contributed by atoms with Crippen molar-refractivity contribution >= 4 is 10.8 Å². The fourth-order valence-electron chi connectivity index (χ4n) is 2.22. The van der Waals surface area contributed by atoms with Crippen LogP contribution < -0.4 is 5.56 Å². The molecule has 5 heteroatoms. The van der Waals surface area contributed by atoms with Gasteiger partial charge in [-0.25, -0.2) is 0 Å². The first kappa shape index (κ1) is 12.8. The van der Waals surface area contributed by atoms with Crippen molar-refractivity contribution in [1.29, 1.82) is 5.26 Å². The number of phenolic OH excluding ortho intramolecular Hbond substituents is 2. The van der Waals surface area contributed by atoms with Crippen molar-refractivity contribution in [3.8, 4) is 23.3 Å². The van der Waals surface area contributed by atoms with E-state index >= 15 is 0 Å². The van der Waals surface area contributed by atoms with Crippen molar-refractivity contribution in [2.75, 3.05) is 0 Å². The van der Waals surface area contributed by atoms with Gasteiger partial charge in [0, 0.05) is 22.7 Å². The summed E-state index contributed by atoms with van der Waals surface area (Å²) in [4.78, 5) is 12.5. The van der Waals surface area contributed by atoms with Gasteiger partial charge in [-0.1, -0.05) is 0 Å². The van der Waals surface area contributed by atoms with Crippen molar-refractivity contribution < 1.29 is 10.2 Å². The zero-order valence-electron chi connectivity index (χ0n) is 10.8. The summed E-state index contributed by atoms with van der Waals surface area (Å²) in [5.74, 6) is 0.0961. The normalized spacial score (nSPS) is 10.4. The van der Waals surface area contributed by atoms with E-state index in [9.17, 15) is 20.3 Å². The van der Waals surface area contributed by atoms with Crippen LogP contribution in [0.4, 0.5) is 0 Å². The molecular formula is C16H10N2O3. The third-order valence-corrected chi connectivity index (χ3v) is 3.25. The van der Waals surface area contributed by atoms with Crippen molar-refractivity contribution in [1.82, 2.24) is 4.57 Å². The predicted octanol–water partition coefficient (Wildman–Crippen LogP) is 2.27. The molecule has 1 aromatic heterocycles. The average Bonchev–Trinajstić information content (AvgIpc) is 2.49. The van der Waals surface area contributed by atoms with Crippen LogP contribution in [-0.4, -0.2) is 14.8 Å². The Morgan fingerprint density at radius 1 is 0.952 bits per heavy atom. The molecule has 0 spiro atoms. The Morgan fingerprint density at radius 2 is 1.62 bits per heavy atom. The Labute approximate surface area is 119 Å². The summed E-state index contributed by atoms with van der Waals surface area (Å²) in [6.07, 6.45) is 1.43. The predicted molar refractivity (Wildman–Crippen MR) is 77.6 cm³/mol. The summed E-state index contributed by atoms with van der Waals surface area (Å²) in [6.45, 7) is 0. The van der Waals surface area contributed by atoms with Crippen molar-refractivity contribution in [2.24, 2.45) is 0 Å². The van der Waals surface area contributed by atoms with Gasteiger partial charge in [-0.05, 0) is 42.5 Å². The van der Waals surface area contributed by atoms with E-state index in [1.165, 1.54) is 41.1 Å². The van der Waals surface area contributed by atoms with Crippen LogP contribution in [0.2, 0.25) is 0 Å². The maximum atomic E-state index is 12.5. The lowest BCUT2D eigenvalue weighted by molar-refractivity contribution is 0.475. The van der Waals surface area contributed by atoms with E-state index in [4.69, 9.17) is 0 Å². The number of benzene rings is 2. The highest BCUT2D eigenvalue weighted by Crippen LogP contribution is 2.22. The van der Waals surface area contributed by atoms with E-state index in [-0.39, 0.29) is 22.6 Å². The van der Waals surface area contributed by atoms with E-state index in [2.05, 4.69) is 0 Å². The number of fused-ring (bicyclic) bond motifs is 1. The number of rotatable bonds is 1. The smallest absolute Gasteiger partial charge is 0.263 e. The van der Waals surface area contributed by atoms with Crippen molar-refractivity contribution in [3.05, 3.63) is 64.6 Å². The van der Waals surface area contributed by atoms with Crippen LogP contribution in [0, 0.1) is 11.3 Å². The molecule has 0 unspecified atom stereocenters. The SMILES string of the molecule is N#Cc1cn(-c2ccc(O)cc2)c(=O)c2ccc(O)cc12. The Balaban J connectivity index is 2.38. The number of pyridine rings is 1. The molecule has 0 bridgehead atoms. The second-order valence-corrected chi connectivity index (χ2v) is 4.58. The van der Waals surface area contributed by atoms with Crippen LogP contribution in [0.1, 0.15) is 5.56 Å². The number of hydrogen-bond donors (Lipinski definition) is 2. The molecule has 0 aliphatic carbocycles.